The second-order valence-corrected chi connectivity index (χ2v) is 11.8. The summed E-state index contributed by atoms with van der Waals surface area (Å²) in [6, 6.07) is 11.4. The van der Waals surface area contributed by atoms with Gasteiger partial charge in [-0.25, -0.2) is 4.79 Å². The first-order chi connectivity index (χ1) is 17.5. The van der Waals surface area contributed by atoms with Crippen molar-refractivity contribution in [2.75, 3.05) is 6.61 Å². The van der Waals surface area contributed by atoms with Crippen LogP contribution in [0.15, 0.2) is 45.6 Å². The van der Waals surface area contributed by atoms with E-state index in [-0.39, 0.29) is 47.5 Å². The lowest BCUT2D eigenvalue weighted by molar-refractivity contribution is -0.219. The maximum Gasteiger partial charge on any atom is 0.343 e. The Hall–Kier alpha value is -3.09. The number of fused-ring (bicyclic) bond motifs is 4. The van der Waals surface area contributed by atoms with E-state index >= 15 is 0 Å². The van der Waals surface area contributed by atoms with Crippen molar-refractivity contribution in [3.8, 4) is 17.1 Å². The van der Waals surface area contributed by atoms with Crippen LogP contribution in [-0.2, 0) is 25.5 Å². The topological polar surface area (TPSA) is 92.0 Å². The lowest BCUT2D eigenvalue weighted by Crippen LogP contribution is -2.65. The first-order valence-corrected chi connectivity index (χ1v) is 13.2. The van der Waals surface area contributed by atoms with Crippen molar-refractivity contribution in [2.45, 2.75) is 78.4 Å². The first kappa shape index (κ1) is 25.6. The Morgan fingerprint density at radius 3 is 2.41 bits per heavy atom. The van der Waals surface area contributed by atoms with Crippen molar-refractivity contribution >= 4 is 11.9 Å². The summed E-state index contributed by atoms with van der Waals surface area (Å²) in [5, 5.41) is 0. The fourth-order valence-corrected chi connectivity index (χ4v) is 7.69. The number of ether oxygens (including phenoxy) is 3. The van der Waals surface area contributed by atoms with Crippen molar-refractivity contribution in [1.82, 2.24) is 0 Å². The Morgan fingerprint density at radius 1 is 1.00 bits per heavy atom. The molecule has 2 aliphatic carbocycles. The van der Waals surface area contributed by atoms with Crippen LogP contribution in [0.25, 0.3) is 11.3 Å². The number of benzene rings is 1. The molecule has 7 nitrogen and oxygen atoms in total. The van der Waals surface area contributed by atoms with E-state index in [1.54, 1.807) is 0 Å². The quantitative estimate of drug-likeness (QED) is 0.516. The van der Waals surface area contributed by atoms with Crippen molar-refractivity contribution in [3.63, 3.8) is 0 Å². The number of rotatable bonds is 4. The van der Waals surface area contributed by atoms with Gasteiger partial charge in [-0.15, -0.1) is 0 Å². The molecule has 0 spiro atoms. The number of hydrogen-bond donors (Lipinski definition) is 0. The third kappa shape index (κ3) is 4.26. The molecule has 5 rings (SSSR count). The highest BCUT2D eigenvalue weighted by Gasteiger charge is 2.65. The molecule has 0 N–H and O–H groups in total. The summed E-state index contributed by atoms with van der Waals surface area (Å²) >= 11 is 0. The van der Waals surface area contributed by atoms with Gasteiger partial charge in [-0.1, -0.05) is 44.2 Å². The summed E-state index contributed by atoms with van der Waals surface area (Å²) in [5.74, 6) is 0.583. The Morgan fingerprint density at radius 2 is 1.73 bits per heavy atom. The van der Waals surface area contributed by atoms with E-state index in [1.165, 1.54) is 13.8 Å². The van der Waals surface area contributed by atoms with E-state index in [0.29, 0.717) is 29.9 Å². The maximum atomic E-state index is 13.2. The third-order valence-electron chi connectivity index (χ3n) is 9.45. The normalized spacial score (nSPS) is 34.2. The van der Waals surface area contributed by atoms with E-state index in [2.05, 4.69) is 20.8 Å². The molecule has 6 atom stereocenters. The molecule has 2 saturated carbocycles. The van der Waals surface area contributed by atoms with Crippen LogP contribution in [0.5, 0.6) is 5.75 Å². The summed E-state index contributed by atoms with van der Waals surface area (Å²) in [5.41, 5.74) is -0.183. The van der Waals surface area contributed by atoms with Gasteiger partial charge in [-0.3, -0.25) is 9.59 Å². The highest BCUT2D eigenvalue weighted by Crippen LogP contribution is 2.65. The molecule has 0 unspecified atom stereocenters. The molecule has 7 heteroatoms. The van der Waals surface area contributed by atoms with Gasteiger partial charge in [0.25, 0.3) is 0 Å². The summed E-state index contributed by atoms with van der Waals surface area (Å²) in [4.78, 5) is 37.0. The van der Waals surface area contributed by atoms with E-state index in [1.807, 2.05) is 36.4 Å². The van der Waals surface area contributed by atoms with Gasteiger partial charge < -0.3 is 18.6 Å². The largest absolute Gasteiger partial charge is 0.487 e. The van der Waals surface area contributed by atoms with Crippen molar-refractivity contribution in [3.05, 3.63) is 52.4 Å². The predicted octanol–water partition coefficient (Wildman–Crippen LogP) is 5.33. The standard InChI is InChI=1S/C30H36O7/c1-18(31)34-17-29(4)24-11-14-30(5)25(28(24,3)13-12-26(29)35-19(2)32)15-21-23(37-30)16-22(36-27(21)33)20-9-7-6-8-10-20/h6-10,16,24-26H,11-15,17H2,1-5H3/t24-,25-,26+,28+,29+,30-/m1/s1. The van der Waals surface area contributed by atoms with Gasteiger partial charge in [0.15, 0.2) is 0 Å². The maximum absolute atomic E-state index is 13.2. The Labute approximate surface area is 217 Å². The van der Waals surface area contributed by atoms with Gasteiger partial charge in [-0.05, 0) is 50.4 Å². The SMILES string of the molecule is CC(=O)OC[C@@]1(C)[C@@H]2CC[C@@]3(C)Oc4cc(-c5ccccc5)oc(=O)c4C[C@@H]3[C@@]2(C)CC[C@@H]1OC(C)=O. The molecular weight excluding hydrogens is 472 g/mol. The molecule has 2 aromatic rings. The second kappa shape index (κ2) is 9.03. The van der Waals surface area contributed by atoms with Gasteiger partial charge in [0.2, 0.25) is 0 Å². The van der Waals surface area contributed by atoms with Crippen LogP contribution in [-0.4, -0.2) is 30.3 Å². The molecular formula is C30H36O7. The van der Waals surface area contributed by atoms with Crippen molar-refractivity contribution in [2.24, 2.45) is 22.7 Å². The molecule has 0 radical (unpaired) electrons. The van der Waals surface area contributed by atoms with Crippen LogP contribution >= 0.6 is 0 Å². The summed E-state index contributed by atoms with van der Waals surface area (Å²) < 4.78 is 23.8. The van der Waals surface area contributed by atoms with E-state index in [9.17, 15) is 14.4 Å². The van der Waals surface area contributed by atoms with E-state index < -0.39 is 11.0 Å². The lowest BCUT2D eigenvalue weighted by Gasteiger charge is -2.64. The molecule has 1 aromatic heterocycles. The molecule has 2 heterocycles. The van der Waals surface area contributed by atoms with E-state index in [4.69, 9.17) is 18.6 Å². The zero-order valence-corrected chi connectivity index (χ0v) is 22.3. The Balaban J connectivity index is 1.53. The van der Waals surface area contributed by atoms with Gasteiger partial charge in [0.05, 0.1) is 5.56 Å². The van der Waals surface area contributed by atoms with E-state index in [0.717, 1.165) is 24.8 Å². The highest BCUT2D eigenvalue weighted by atomic mass is 16.6. The fraction of sp³-hybridized carbons (Fsp3) is 0.567. The minimum absolute atomic E-state index is 0.0478. The average molecular weight is 509 g/mol. The lowest BCUT2D eigenvalue weighted by atomic mass is 9.43. The minimum atomic E-state index is -0.548. The molecule has 198 valence electrons. The number of carbonyl (C=O) groups is 2. The molecule has 1 aromatic carbocycles. The van der Waals surface area contributed by atoms with Gasteiger partial charge in [0.1, 0.15) is 29.8 Å². The fourth-order valence-electron chi connectivity index (χ4n) is 7.69. The van der Waals surface area contributed by atoms with Crippen molar-refractivity contribution in [1.29, 1.82) is 0 Å². The van der Waals surface area contributed by atoms with Gasteiger partial charge in [-0.2, -0.15) is 0 Å². The summed E-state index contributed by atoms with van der Waals surface area (Å²) in [6.07, 6.45) is 3.30. The highest BCUT2D eigenvalue weighted by molar-refractivity contribution is 5.67. The predicted molar refractivity (Wildman–Crippen MR) is 137 cm³/mol. The van der Waals surface area contributed by atoms with Crippen LogP contribution in [0.4, 0.5) is 0 Å². The van der Waals surface area contributed by atoms with Crippen molar-refractivity contribution < 1.29 is 28.2 Å². The summed E-state index contributed by atoms with van der Waals surface area (Å²) in [6.45, 7) is 9.51. The van der Waals surface area contributed by atoms with Gasteiger partial charge in [0, 0.05) is 36.8 Å². The molecule has 0 amide bonds. The smallest absolute Gasteiger partial charge is 0.343 e. The Kier molecular flexibility index (Phi) is 6.24. The van der Waals surface area contributed by atoms with Crippen LogP contribution in [0, 0.1) is 22.7 Å². The van der Waals surface area contributed by atoms with Crippen LogP contribution in [0.1, 0.15) is 65.9 Å². The average Bonchev–Trinajstić information content (AvgIpc) is 2.84. The summed E-state index contributed by atoms with van der Waals surface area (Å²) in [7, 11) is 0. The second-order valence-electron chi connectivity index (χ2n) is 11.8. The van der Waals surface area contributed by atoms with Crippen LogP contribution in [0.3, 0.4) is 0 Å². The minimum Gasteiger partial charge on any atom is -0.487 e. The molecule has 37 heavy (non-hydrogen) atoms. The third-order valence-corrected chi connectivity index (χ3v) is 9.45. The molecule has 1 aliphatic heterocycles. The molecule has 0 bridgehead atoms. The first-order valence-electron chi connectivity index (χ1n) is 13.2. The van der Waals surface area contributed by atoms with Crippen LogP contribution in [0.2, 0.25) is 0 Å². The zero-order valence-electron chi connectivity index (χ0n) is 22.3. The number of carbonyl (C=O) groups excluding carboxylic acids is 2. The number of hydrogen-bond acceptors (Lipinski definition) is 7. The molecule has 2 fully saturated rings. The Bertz CT molecular complexity index is 1270. The zero-order chi connectivity index (χ0) is 26.6. The number of esters is 2. The molecule has 3 aliphatic rings. The van der Waals surface area contributed by atoms with Gasteiger partial charge >= 0.3 is 17.6 Å². The van der Waals surface area contributed by atoms with Crippen LogP contribution < -0.4 is 10.4 Å². The molecule has 0 saturated heterocycles. The monoisotopic (exact) mass is 508 g/mol.